The van der Waals surface area contributed by atoms with Gasteiger partial charge in [0.05, 0.1) is 5.71 Å². The minimum absolute atomic E-state index is 0.0652. The minimum atomic E-state index is -0.929. The normalized spacial score (nSPS) is 17.2. The van der Waals surface area contributed by atoms with Gasteiger partial charge in [-0.05, 0) is 105 Å². The van der Waals surface area contributed by atoms with Gasteiger partial charge < -0.3 is 25.5 Å². The summed E-state index contributed by atoms with van der Waals surface area (Å²) in [6, 6.07) is 0. The van der Waals surface area contributed by atoms with Crippen LogP contribution >= 0.6 is 0 Å². The number of aromatic nitrogens is 2. The number of aliphatic carboxylic acids is 2. The average Bonchev–Trinajstić information content (AvgIpc) is 3.59. The molecule has 2 aliphatic heterocycles. The van der Waals surface area contributed by atoms with Crippen LogP contribution in [0.15, 0.2) is 33.0 Å². The Morgan fingerprint density at radius 3 is 1.98 bits per heavy atom. The van der Waals surface area contributed by atoms with Crippen LogP contribution in [-0.2, 0) is 32.0 Å². The maximum absolute atomic E-state index is 12.4. The number of rotatable bonds is 11. The number of carbonyl (C=O) groups excluding carboxylic acids is 2. The summed E-state index contributed by atoms with van der Waals surface area (Å²) in [5.41, 5.74) is 9.49. The van der Waals surface area contributed by atoms with Crippen LogP contribution in [0.2, 0.25) is 0 Å². The smallest absolute Gasteiger partial charge is 0.303 e. The number of hydrogen-bond acceptors (Lipinski definition) is 4. The van der Waals surface area contributed by atoms with Crippen molar-refractivity contribution < 1.29 is 29.4 Å². The summed E-state index contributed by atoms with van der Waals surface area (Å²) in [4.78, 5) is 58.3. The van der Waals surface area contributed by atoms with E-state index in [-0.39, 0.29) is 37.5 Å². The maximum Gasteiger partial charge on any atom is 0.303 e. The zero-order valence-electron chi connectivity index (χ0n) is 25.4. The van der Waals surface area contributed by atoms with Crippen LogP contribution in [0.3, 0.4) is 0 Å². The second-order valence-corrected chi connectivity index (χ2v) is 10.9. The van der Waals surface area contributed by atoms with Gasteiger partial charge in [-0.2, -0.15) is 0 Å². The lowest BCUT2D eigenvalue weighted by Gasteiger charge is -2.05. The quantitative estimate of drug-likeness (QED) is 0.270. The van der Waals surface area contributed by atoms with Crippen molar-refractivity contribution in [2.45, 2.75) is 80.1 Å². The van der Waals surface area contributed by atoms with Crippen LogP contribution in [0, 0.1) is 13.8 Å². The molecule has 0 radical (unpaired) electrons. The number of carboxylic acids is 2. The van der Waals surface area contributed by atoms with Crippen molar-refractivity contribution in [3.05, 3.63) is 72.3 Å². The van der Waals surface area contributed by atoms with Crippen LogP contribution in [-0.4, -0.2) is 49.6 Å². The first-order valence-corrected chi connectivity index (χ1v) is 14.5. The molecule has 226 valence electrons. The maximum atomic E-state index is 12.4. The van der Waals surface area contributed by atoms with Gasteiger partial charge in [-0.1, -0.05) is 13.8 Å². The fourth-order valence-electron chi connectivity index (χ4n) is 5.79. The molecule has 0 fully saturated rings. The molecular weight excluding hydrogens is 548 g/mol. The number of nitrogens with one attached hydrogen (secondary N) is 3. The molecule has 10 nitrogen and oxygen atoms in total. The molecule has 0 unspecified atom stereocenters. The van der Waals surface area contributed by atoms with Crippen molar-refractivity contribution in [3.63, 3.8) is 0 Å². The van der Waals surface area contributed by atoms with Crippen molar-refractivity contribution in [2.24, 2.45) is 4.99 Å². The first-order chi connectivity index (χ1) is 20.4. The van der Waals surface area contributed by atoms with Gasteiger partial charge in [-0.3, -0.25) is 19.2 Å². The molecule has 4 rings (SSSR count). The number of hydrogen-bond donors (Lipinski definition) is 5. The summed E-state index contributed by atoms with van der Waals surface area (Å²) < 4.78 is 0. The second-order valence-electron chi connectivity index (χ2n) is 10.9. The van der Waals surface area contributed by atoms with Crippen molar-refractivity contribution in [1.29, 1.82) is 0 Å². The number of aliphatic imine (C=N–C) groups is 1. The van der Waals surface area contributed by atoms with Gasteiger partial charge >= 0.3 is 11.9 Å². The Balaban J connectivity index is 1.78. The first-order valence-electron chi connectivity index (χ1n) is 14.5. The number of allylic oxidation sites excluding steroid dienone is 2. The number of carboxylic acid groups (broad SMARTS) is 2. The molecular formula is C33H38N4O6. The Labute approximate surface area is 249 Å². The Bertz CT molecular complexity index is 1790. The molecule has 0 saturated carbocycles. The largest absolute Gasteiger partial charge is 0.481 e. The SMILES string of the molecule is CCc1c(/C=c2\[nH]/c(=C/C3=NC(=O)C(C)=C3CCC(=O)O)c(C)c2CC)[nH]c(/C=C2/NC(=O)C(C)=C2CCC(=O)O)c1C. The van der Waals surface area contributed by atoms with Gasteiger partial charge in [-0.25, -0.2) is 4.99 Å². The van der Waals surface area contributed by atoms with E-state index in [9.17, 15) is 24.3 Å². The van der Waals surface area contributed by atoms with Crippen LogP contribution in [0.25, 0.3) is 18.2 Å². The first kappa shape index (κ1) is 31.2. The molecule has 2 aliphatic rings. The van der Waals surface area contributed by atoms with Gasteiger partial charge in [0, 0.05) is 51.8 Å². The predicted molar refractivity (Wildman–Crippen MR) is 165 cm³/mol. The molecule has 43 heavy (non-hydrogen) atoms. The lowest BCUT2D eigenvalue weighted by atomic mass is 10.0. The van der Waals surface area contributed by atoms with Gasteiger partial charge in [0.1, 0.15) is 0 Å². The molecule has 2 amide bonds. The summed E-state index contributed by atoms with van der Waals surface area (Å²) in [6.07, 6.45) is 7.62. The molecule has 10 heteroatoms. The molecule has 5 N–H and O–H groups in total. The molecule has 0 atom stereocenters. The van der Waals surface area contributed by atoms with Crippen LogP contribution < -0.4 is 16.0 Å². The van der Waals surface area contributed by atoms with E-state index in [0.29, 0.717) is 33.7 Å². The topological polar surface area (TPSA) is 165 Å². The third-order valence-corrected chi connectivity index (χ3v) is 8.32. The fraction of sp³-hybridized carbons (Fsp3) is 0.364. The van der Waals surface area contributed by atoms with E-state index >= 15 is 0 Å². The molecule has 4 heterocycles. The van der Waals surface area contributed by atoms with E-state index < -0.39 is 11.9 Å². The lowest BCUT2D eigenvalue weighted by Crippen LogP contribution is -2.15. The monoisotopic (exact) mass is 586 g/mol. The standard InChI is InChI=1S/C33H38N4O6/c1-7-20-16(3)24(13-28-22(9-11-30(38)39)18(5)32(42)36-28)34-26(20)15-27-21(8-2)17(4)25(35-27)14-29-23(10-12-31(40)41)19(6)33(43)37-29/h13-15,34-35H,7-12H2,1-6H3,(H,36,42)(H,38,39)(H,40,41)/b25-14+,27-15-,28-13+. The zero-order chi connectivity index (χ0) is 31.6. The van der Waals surface area contributed by atoms with Crippen molar-refractivity contribution in [1.82, 2.24) is 15.3 Å². The Hall–Kier alpha value is -4.73. The number of nitrogens with zero attached hydrogens (tertiary/aromatic N) is 1. The van der Waals surface area contributed by atoms with E-state index in [4.69, 9.17) is 5.11 Å². The van der Waals surface area contributed by atoms with Crippen molar-refractivity contribution >= 4 is 47.7 Å². The molecule has 0 saturated heterocycles. The van der Waals surface area contributed by atoms with Gasteiger partial charge in [0.2, 0.25) is 0 Å². The summed E-state index contributed by atoms with van der Waals surface area (Å²) in [5, 5.41) is 22.9. The van der Waals surface area contributed by atoms with E-state index in [1.165, 1.54) is 0 Å². The molecule has 0 bridgehead atoms. The summed E-state index contributed by atoms with van der Waals surface area (Å²) in [6.45, 7) is 11.6. The Morgan fingerprint density at radius 1 is 0.744 bits per heavy atom. The van der Waals surface area contributed by atoms with E-state index in [1.807, 2.05) is 26.0 Å². The third kappa shape index (κ3) is 6.38. The highest BCUT2D eigenvalue weighted by atomic mass is 16.4. The number of amides is 2. The average molecular weight is 587 g/mol. The fourth-order valence-corrected chi connectivity index (χ4v) is 5.79. The Kier molecular flexibility index (Phi) is 9.18. The molecule has 0 aromatic carbocycles. The minimum Gasteiger partial charge on any atom is -0.481 e. The number of H-pyrrole nitrogens is 2. The molecule has 2 aromatic rings. The summed E-state index contributed by atoms with van der Waals surface area (Å²) in [7, 11) is 0. The van der Waals surface area contributed by atoms with Crippen molar-refractivity contribution in [2.75, 3.05) is 0 Å². The van der Waals surface area contributed by atoms with E-state index in [2.05, 4.69) is 40.2 Å². The third-order valence-electron chi connectivity index (χ3n) is 8.32. The predicted octanol–water partition coefficient (Wildman–Crippen LogP) is 3.51. The summed E-state index contributed by atoms with van der Waals surface area (Å²) in [5.74, 6) is -2.41. The van der Waals surface area contributed by atoms with Gasteiger partial charge in [0.25, 0.3) is 11.8 Å². The lowest BCUT2D eigenvalue weighted by molar-refractivity contribution is -0.137. The highest BCUT2D eigenvalue weighted by molar-refractivity contribution is 6.31. The van der Waals surface area contributed by atoms with E-state index in [1.54, 1.807) is 13.8 Å². The van der Waals surface area contributed by atoms with Gasteiger partial charge in [-0.15, -0.1) is 0 Å². The van der Waals surface area contributed by atoms with Gasteiger partial charge in [0.15, 0.2) is 0 Å². The molecule has 2 aromatic heterocycles. The molecule has 0 aliphatic carbocycles. The zero-order valence-corrected chi connectivity index (χ0v) is 25.4. The number of aromatic amines is 2. The van der Waals surface area contributed by atoms with E-state index in [0.717, 1.165) is 57.2 Å². The summed E-state index contributed by atoms with van der Waals surface area (Å²) >= 11 is 0. The molecule has 0 spiro atoms. The van der Waals surface area contributed by atoms with Crippen LogP contribution in [0.1, 0.15) is 87.0 Å². The van der Waals surface area contributed by atoms with Crippen molar-refractivity contribution in [3.8, 4) is 0 Å². The second kappa shape index (κ2) is 12.6. The van der Waals surface area contributed by atoms with Crippen LogP contribution in [0.5, 0.6) is 0 Å². The van der Waals surface area contributed by atoms with Crippen LogP contribution in [0.4, 0.5) is 0 Å². The highest BCUT2D eigenvalue weighted by Gasteiger charge is 2.25. The Morgan fingerprint density at radius 2 is 1.37 bits per heavy atom. The number of carbonyl (C=O) groups is 4. The highest BCUT2D eigenvalue weighted by Crippen LogP contribution is 2.29.